The lowest BCUT2D eigenvalue weighted by atomic mass is 9.93. The Morgan fingerprint density at radius 2 is 2.08 bits per heavy atom. The van der Waals surface area contributed by atoms with Crippen LogP contribution in [0.3, 0.4) is 0 Å². The fourth-order valence-corrected chi connectivity index (χ4v) is 2.55. The van der Waals surface area contributed by atoms with Gasteiger partial charge in [-0.15, -0.1) is 0 Å². The number of amides is 1. The Kier molecular flexibility index (Phi) is 7.08. The molecule has 0 saturated carbocycles. The summed E-state index contributed by atoms with van der Waals surface area (Å²) in [6.45, 7) is 0.633. The van der Waals surface area contributed by atoms with Gasteiger partial charge in [0.15, 0.2) is 5.76 Å². The SMILES string of the molecule is CNC(=O)C1=C[C@@H](c2ccc(OC)cc2)C[C@@H](OCCCCO)O1. The molecule has 0 spiro atoms. The molecule has 2 N–H and O–H groups in total. The number of likely N-dealkylation sites (N-methyl/N-ethyl adjacent to an activating group) is 1. The van der Waals surface area contributed by atoms with E-state index in [4.69, 9.17) is 19.3 Å². The average Bonchev–Trinajstić information content (AvgIpc) is 2.64. The number of carbonyl (C=O) groups excluding carboxylic acids is 1. The summed E-state index contributed by atoms with van der Waals surface area (Å²) in [7, 11) is 3.20. The van der Waals surface area contributed by atoms with Crippen molar-refractivity contribution in [2.45, 2.75) is 31.5 Å². The number of hydrogen-bond donors (Lipinski definition) is 2. The minimum Gasteiger partial charge on any atom is -0.497 e. The van der Waals surface area contributed by atoms with Gasteiger partial charge < -0.3 is 24.6 Å². The normalized spacial score (nSPS) is 20.0. The number of allylic oxidation sites excluding steroid dienone is 1. The fourth-order valence-electron chi connectivity index (χ4n) is 2.55. The fraction of sp³-hybridized carbons (Fsp3) is 0.500. The van der Waals surface area contributed by atoms with Crippen LogP contribution in [0.25, 0.3) is 0 Å². The third-order valence-corrected chi connectivity index (χ3v) is 3.91. The van der Waals surface area contributed by atoms with Crippen molar-refractivity contribution in [3.8, 4) is 5.75 Å². The second-order valence-electron chi connectivity index (χ2n) is 5.57. The molecular weight excluding hydrogens is 310 g/mol. The van der Waals surface area contributed by atoms with Crippen molar-refractivity contribution in [1.82, 2.24) is 5.32 Å². The Morgan fingerprint density at radius 1 is 1.33 bits per heavy atom. The zero-order chi connectivity index (χ0) is 17.4. The van der Waals surface area contributed by atoms with Gasteiger partial charge in [-0.3, -0.25) is 4.79 Å². The predicted molar refractivity (Wildman–Crippen MR) is 89.6 cm³/mol. The highest BCUT2D eigenvalue weighted by Gasteiger charge is 2.28. The van der Waals surface area contributed by atoms with Crippen molar-refractivity contribution in [2.24, 2.45) is 0 Å². The molecular formula is C18H25NO5. The number of benzene rings is 1. The topological polar surface area (TPSA) is 77.0 Å². The first-order chi connectivity index (χ1) is 11.7. The zero-order valence-corrected chi connectivity index (χ0v) is 14.2. The lowest BCUT2D eigenvalue weighted by molar-refractivity contribution is -0.146. The summed E-state index contributed by atoms with van der Waals surface area (Å²) in [4.78, 5) is 12.0. The van der Waals surface area contributed by atoms with Crippen LogP contribution in [-0.4, -0.2) is 44.7 Å². The van der Waals surface area contributed by atoms with Crippen molar-refractivity contribution in [3.05, 3.63) is 41.7 Å². The van der Waals surface area contributed by atoms with E-state index in [1.807, 2.05) is 30.3 Å². The van der Waals surface area contributed by atoms with Crippen molar-refractivity contribution in [2.75, 3.05) is 27.4 Å². The van der Waals surface area contributed by atoms with Crippen LogP contribution in [0.4, 0.5) is 0 Å². The summed E-state index contributed by atoms with van der Waals surface area (Å²) < 4.78 is 16.6. The number of carbonyl (C=O) groups is 1. The number of methoxy groups -OCH3 is 1. The number of ether oxygens (including phenoxy) is 3. The van der Waals surface area contributed by atoms with Gasteiger partial charge in [-0.1, -0.05) is 12.1 Å². The van der Waals surface area contributed by atoms with Crippen LogP contribution in [0.5, 0.6) is 5.75 Å². The largest absolute Gasteiger partial charge is 0.497 e. The Hall–Kier alpha value is -2.05. The Morgan fingerprint density at radius 3 is 2.71 bits per heavy atom. The second kappa shape index (κ2) is 9.30. The Balaban J connectivity index is 2.10. The van der Waals surface area contributed by atoms with E-state index < -0.39 is 6.29 Å². The van der Waals surface area contributed by atoms with Crippen molar-refractivity contribution >= 4 is 5.91 Å². The molecule has 1 aliphatic heterocycles. The van der Waals surface area contributed by atoms with E-state index >= 15 is 0 Å². The molecule has 1 heterocycles. The smallest absolute Gasteiger partial charge is 0.285 e. The maximum atomic E-state index is 12.0. The molecule has 132 valence electrons. The first-order valence-electron chi connectivity index (χ1n) is 8.15. The van der Waals surface area contributed by atoms with E-state index in [1.54, 1.807) is 14.2 Å². The molecule has 0 radical (unpaired) electrons. The first-order valence-corrected chi connectivity index (χ1v) is 8.15. The third-order valence-electron chi connectivity index (χ3n) is 3.91. The van der Waals surface area contributed by atoms with Gasteiger partial charge in [-0.25, -0.2) is 0 Å². The van der Waals surface area contributed by atoms with Crippen LogP contribution < -0.4 is 10.1 Å². The van der Waals surface area contributed by atoms with Gasteiger partial charge in [0, 0.05) is 26.0 Å². The van der Waals surface area contributed by atoms with Crippen LogP contribution in [0, 0.1) is 0 Å². The van der Waals surface area contributed by atoms with Crippen molar-refractivity contribution in [3.63, 3.8) is 0 Å². The van der Waals surface area contributed by atoms with Gasteiger partial charge in [-0.05, 0) is 36.6 Å². The van der Waals surface area contributed by atoms with Crippen LogP contribution in [-0.2, 0) is 14.3 Å². The molecule has 2 atom stereocenters. The highest BCUT2D eigenvalue weighted by atomic mass is 16.7. The molecule has 0 aliphatic carbocycles. The van der Waals surface area contributed by atoms with Crippen molar-refractivity contribution in [1.29, 1.82) is 0 Å². The van der Waals surface area contributed by atoms with E-state index in [0.717, 1.165) is 17.7 Å². The summed E-state index contributed by atoms with van der Waals surface area (Å²) in [6, 6.07) is 7.76. The van der Waals surface area contributed by atoms with Gasteiger partial charge in [0.2, 0.25) is 6.29 Å². The van der Waals surface area contributed by atoms with E-state index in [1.165, 1.54) is 0 Å². The van der Waals surface area contributed by atoms with Crippen LogP contribution in [0.15, 0.2) is 36.1 Å². The lowest BCUT2D eigenvalue weighted by Gasteiger charge is -2.29. The molecule has 1 aromatic carbocycles. The molecule has 1 aliphatic rings. The summed E-state index contributed by atoms with van der Waals surface area (Å²) in [5.41, 5.74) is 1.07. The summed E-state index contributed by atoms with van der Waals surface area (Å²) in [6.07, 6.45) is 3.42. The number of nitrogens with one attached hydrogen (secondary N) is 1. The van der Waals surface area contributed by atoms with Crippen molar-refractivity contribution < 1.29 is 24.1 Å². The molecule has 0 saturated heterocycles. The van der Waals surface area contributed by atoms with E-state index in [9.17, 15) is 4.79 Å². The molecule has 2 rings (SSSR count). The van der Waals surface area contributed by atoms with E-state index in [0.29, 0.717) is 19.4 Å². The summed E-state index contributed by atoms with van der Waals surface area (Å²) >= 11 is 0. The highest BCUT2D eigenvalue weighted by molar-refractivity contribution is 5.91. The number of rotatable bonds is 8. The maximum absolute atomic E-state index is 12.0. The van der Waals surface area contributed by atoms with Gasteiger partial charge >= 0.3 is 0 Å². The maximum Gasteiger partial charge on any atom is 0.285 e. The summed E-state index contributed by atoms with van der Waals surface area (Å²) in [5.74, 6) is 0.826. The molecule has 6 nitrogen and oxygen atoms in total. The average molecular weight is 335 g/mol. The molecule has 0 unspecified atom stereocenters. The number of aliphatic hydroxyl groups excluding tert-OH is 1. The van der Waals surface area contributed by atoms with E-state index in [-0.39, 0.29) is 24.2 Å². The minimum absolute atomic E-state index is 0.0276. The number of aliphatic hydroxyl groups is 1. The third kappa shape index (κ3) is 4.97. The molecule has 0 aromatic heterocycles. The Bertz CT molecular complexity index is 555. The first kappa shape index (κ1) is 18.3. The highest BCUT2D eigenvalue weighted by Crippen LogP contribution is 2.32. The van der Waals surface area contributed by atoms with Crippen LogP contribution in [0.1, 0.15) is 30.7 Å². The minimum atomic E-state index is -0.479. The summed E-state index contributed by atoms with van der Waals surface area (Å²) in [5, 5.41) is 11.4. The molecule has 24 heavy (non-hydrogen) atoms. The van der Waals surface area contributed by atoms with Gasteiger partial charge in [0.25, 0.3) is 5.91 Å². The van der Waals surface area contributed by atoms with E-state index in [2.05, 4.69) is 5.32 Å². The monoisotopic (exact) mass is 335 g/mol. The van der Waals surface area contributed by atoms with Crippen LogP contribution in [0.2, 0.25) is 0 Å². The van der Waals surface area contributed by atoms with Crippen LogP contribution >= 0.6 is 0 Å². The standard InChI is InChI=1S/C18H25NO5/c1-19-18(21)16-11-14(13-5-7-15(22-2)8-6-13)12-17(24-16)23-10-4-3-9-20/h5-8,11,14,17,20H,3-4,9-10,12H2,1-2H3,(H,19,21)/t14-,17+/m1/s1. The lowest BCUT2D eigenvalue weighted by Crippen LogP contribution is -2.31. The zero-order valence-electron chi connectivity index (χ0n) is 14.2. The Labute approximate surface area is 142 Å². The molecule has 1 aromatic rings. The number of unbranched alkanes of at least 4 members (excludes halogenated alkanes) is 1. The molecule has 1 amide bonds. The molecule has 6 heteroatoms. The second-order valence-corrected chi connectivity index (χ2v) is 5.57. The van der Waals surface area contributed by atoms with Gasteiger partial charge in [-0.2, -0.15) is 0 Å². The molecule has 0 fully saturated rings. The quantitative estimate of drug-likeness (QED) is 0.710. The molecule has 0 bridgehead atoms. The van der Waals surface area contributed by atoms with Gasteiger partial charge in [0.05, 0.1) is 13.7 Å². The predicted octanol–water partition coefficient (Wildman–Crippen LogP) is 1.94. The van der Waals surface area contributed by atoms with Gasteiger partial charge in [0.1, 0.15) is 5.75 Å². The number of hydrogen-bond acceptors (Lipinski definition) is 5.